The summed E-state index contributed by atoms with van der Waals surface area (Å²) in [6, 6.07) is 12.4. The van der Waals surface area contributed by atoms with Crippen LogP contribution in [0.3, 0.4) is 0 Å². The zero-order valence-electron chi connectivity index (χ0n) is 20.2. The molecule has 0 aliphatic carbocycles. The molecule has 3 saturated heterocycles. The standard InChI is InChI=1S/C28H34N3O2.BrH/c1-5-21-17-31(16-20-12-18(2)30-19(3)13-20)11-9-22(21)14-27(31)28(32)24-8-10-29-26-7-6-23(33-4)15-25(24)26;/h5-8,10,12-13,15,21-22,27-28,32H,1,9,11,14,16-17H2,2-4H3;1H/q+1;/p-1/t21-,22-,27-,28?,31?;/m0./s1. The van der Waals surface area contributed by atoms with Crippen molar-refractivity contribution in [2.75, 3.05) is 20.2 Å². The predicted molar refractivity (Wildman–Crippen MR) is 131 cm³/mol. The number of hydrogen-bond donors (Lipinski definition) is 1. The second kappa shape index (κ2) is 9.76. The van der Waals surface area contributed by atoms with Gasteiger partial charge in [0.15, 0.2) is 0 Å². The molecule has 180 valence electrons. The SMILES string of the molecule is C=C[C@H]1C[N+]2(Cc3cc(C)nc(C)c3)CC[C@H]1C[C@H]2C(O)c1ccnc2ccc(OC)cc12.[Br-]. The lowest BCUT2D eigenvalue weighted by Gasteiger charge is -2.58. The summed E-state index contributed by atoms with van der Waals surface area (Å²) in [7, 11) is 1.67. The zero-order valence-corrected chi connectivity index (χ0v) is 21.8. The maximum Gasteiger partial charge on any atom is 0.131 e. The molecule has 2 unspecified atom stereocenters. The van der Waals surface area contributed by atoms with E-state index in [1.807, 2.05) is 30.5 Å². The van der Waals surface area contributed by atoms with Crippen molar-refractivity contribution in [3.63, 3.8) is 0 Å². The van der Waals surface area contributed by atoms with Gasteiger partial charge < -0.3 is 31.3 Å². The molecule has 3 fully saturated rings. The van der Waals surface area contributed by atoms with Crippen LogP contribution in [0.5, 0.6) is 5.75 Å². The van der Waals surface area contributed by atoms with E-state index in [0.29, 0.717) is 11.8 Å². The fourth-order valence-corrected chi connectivity index (χ4v) is 6.50. The van der Waals surface area contributed by atoms with Crippen molar-refractivity contribution in [3.8, 4) is 5.75 Å². The molecule has 5 heterocycles. The van der Waals surface area contributed by atoms with Crippen LogP contribution in [0, 0.1) is 25.7 Å². The van der Waals surface area contributed by atoms with E-state index in [4.69, 9.17) is 4.74 Å². The number of quaternary nitrogens is 1. The molecule has 0 saturated carbocycles. The van der Waals surface area contributed by atoms with Crippen molar-refractivity contribution < 1.29 is 31.3 Å². The lowest BCUT2D eigenvalue weighted by Crippen LogP contribution is -3.00. The smallest absolute Gasteiger partial charge is 0.131 e. The van der Waals surface area contributed by atoms with E-state index in [1.165, 1.54) is 12.0 Å². The monoisotopic (exact) mass is 523 g/mol. The second-order valence-corrected chi connectivity index (χ2v) is 10.0. The first-order valence-electron chi connectivity index (χ1n) is 12.0. The van der Waals surface area contributed by atoms with Crippen LogP contribution in [0.2, 0.25) is 0 Å². The van der Waals surface area contributed by atoms with Gasteiger partial charge in [-0.1, -0.05) is 6.08 Å². The molecule has 0 amide bonds. The van der Waals surface area contributed by atoms with Gasteiger partial charge in [-0.2, -0.15) is 0 Å². The number of nitrogens with zero attached hydrogens (tertiary/aromatic N) is 3. The molecule has 34 heavy (non-hydrogen) atoms. The number of rotatable bonds is 6. The summed E-state index contributed by atoms with van der Waals surface area (Å²) in [5, 5.41) is 12.9. The Kier molecular flexibility index (Phi) is 7.13. The van der Waals surface area contributed by atoms with Gasteiger partial charge in [-0.15, -0.1) is 6.58 Å². The Morgan fingerprint density at radius 2 is 1.97 bits per heavy atom. The molecule has 6 rings (SSSR count). The zero-order chi connectivity index (χ0) is 23.2. The molecular weight excluding hydrogens is 490 g/mol. The lowest BCUT2D eigenvalue weighted by atomic mass is 9.71. The summed E-state index contributed by atoms with van der Waals surface area (Å²) in [6.45, 7) is 11.3. The summed E-state index contributed by atoms with van der Waals surface area (Å²) in [6.07, 6.45) is 5.59. The number of pyridine rings is 2. The Balaban J connectivity index is 0.00000274. The van der Waals surface area contributed by atoms with Crippen LogP contribution >= 0.6 is 0 Å². The summed E-state index contributed by atoms with van der Waals surface area (Å²) in [5.41, 5.74) is 5.26. The molecular formula is C28H34BrN3O2. The average Bonchev–Trinajstić information content (AvgIpc) is 2.82. The average molecular weight is 525 g/mol. The molecule has 6 heteroatoms. The van der Waals surface area contributed by atoms with E-state index in [0.717, 1.165) is 64.1 Å². The molecule has 5 atom stereocenters. The molecule has 5 nitrogen and oxygen atoms in total. The molecule has 1 aromatic carbocycles. The number of ether oxygens (including phenoxy) is 1. The predicted octanol–water partition coefficient (Wildman–Crippen LogP) is 1.90. The third-order valence-electron chi connectivity index (χ3n) is 7.98. The second-order valence-electron chi connectivity index (χ2n) is 10.0. The number of benzene rings is 1. The summed E-state index contributed by atoms with van der Waals surface area (Å²) < 4.78 is 6.37. The highest BCUT2D eigenvalue weighted by Crippen LogP contribution is 2.48. The van der Waals surface area contributed by atoms with E-state index in [2.05, 4.69) is 48.6 Å². The Morgan fingerprint density at radius 1 is 1.21 bits per heavy atom. The van der Waals surface area contributed by atoms with E-state index in [-0.39, 0.29) is 23.0 Å². The van der Waals surface area contributed by atoms with E-state index in [9.17, 15) is 5.11 Å². The van der Waals surface area contributed by atoms with Gasteiger partial charge in [0.1, 0.15) is 24.4 Å². The van der Waals surface area contributed by atoms with Crippen LogP contribution < -0.4 is 21.7 Å². The summed E-state index contributed by atoms with van der Waals surface area (Å²) in [5.74, 6) is 1.87. The van der Waals surface area contributed by atoms with Gasteiger partial charge >= 0.3 is 0 Å². The maximum absolute atomic E-state index is 11.9. The van der Waals surface area contributed by atoms with Crippen molar-refractivity contribution in [3.05, 3.63) is 77.8 Å². The molecule has 0 spiro atoms. The number of halogens is 1. The number of aromatic nitrogens is 2. The summed E-state index contributed by atoms with van der Waals surface area (Å²) in [4.78, 5) is 9.11. The largest absolute Gasteiger partial charge is 1.00 e. The number of hydrogen-bond acceptors (Lipinski definition) is 4. The highest BCUT2D eigenvalue weighted by atomic mass is 79.9. The van der Waals surface area contributed by atoms with Gasteiger partial charge in [-0.25, -0.2) is 0 Å². The minimum Gasteiger partial charge on any atom is -1.00 e. The van der Waals surface area contributed by atoms with Gasteiger partial charge in [0.05, 0.1) is 25.7 Å². The van der Waals surface area contributed by atoms with E-state index >= 15 is 0 Å². The van der Waals surface area contributed by atoms with Gasteiger partial charge in [0, 0.05) is 47.3 Å². The number of methoxy groups -OCH3 is 1. The normalized spacial score (nSPS) is 26.6. The van der Waals surface area contributed by atoms with Crippen molar-refractivity contribution in [1.29, 1.82) is 0 Å². The Labute approximate surface area is 212 Å². The lowest BCUT2D eigenvalue weighted by molar-refractivity contribution is -0.984. The first kappa shape index (κ1) is 24.8. The van der Waals surface area contributed by atoms with E-state index < -0.39 is 6.10 Å². The van der Waals surface area contributed by atoms with Crippen LogP contribution in [0.15, 0.2) is 55.3 Å². The number of fused-ring (bicyclic) bond motifs is 4. The maximum atomic E-state index is 11.9. The van der Waals surface area contributed by atoms with Crippen LogP contribution in [0.4, 0.5) is 0 Å². The summed E-state index contributed by atoms with van der Waals surface area (Å²) >= 11 is 0. The Bertz CT molecular complexity index is 1180. The highest BCUT2D eigenvalue weighted by molar-refractivity contribution is 5.83. The topological polar surface area (TPSA) is 55.2 Å². The third-order valence-corrected chi connectivity index (χ3v) is 7.98. The Morgan fingerprint density at radius 3 is 2.68 bits per heavy atom. The van der Waals surface area contributed by atoms with Crippen molar-refractivity contribution >= 4 is 10.9 Å². The van der Waals surface area contributed by atoms with Crippen molar-refractivity contribution in [2.45, 2.75) is 45.4 Å². The van der Waals surface area contributed by atoms with Gasteiger partial charge in [-0.3, -0.25) is 9.97 Å². The van der Waals surface area contributed by atoms with Crippen molar-refractivity contribution in [1.82, 2.24) is 9.97 Å². The van der Waals surface area contributed by atoms with Crippen LogP contribution in [0.25, 0.3) is 10.9 Å². The fourth-order valence-electron chi connectivity index (χ4n) is 6.50. The first-order valence-corrected chi connectivity index (χ1v) is 12.0. The Hall–Kier alpha value is -2.28. The molecule has 1 N–H and O–H groups in total. The first-order chi connectivity index (χ1) is 15.9. The van der Waals surface area contributed by atoms with Gasteiger partial charge in [0.25, 0.3) is 0 Å². The van der Waals surface area contributed by atoms with Gasteiger partial charge in [-0.05, 0) is 61.7 Å². The van der Waals surface area contributed by atoms with Crippen LogP contribution in [0.1, 0.15) is 41.5 Å². The minimum atomic E-state index is -0.569. The number of aliphatic hydroxyl groups is 1. The molecule has 3 aliphatic rings. The fraction of sp³-hybridized carbons (Fsp3) is 0.429. The third kappa shape index (κ3) is 4.39. The molecule has 0 radical (unpaired) electrons. The van der Waals surface area contributed by atoms with Crippen LogP contribution in [-0.2, 0) is 6.54 Å². The quantitative estimate of drug-likeness (QED) is 0.396. The molecule has 2 bridgehead atoms. The van der Waals surface area contributed by atoms with Crippen LogP contribution in [-0.4, -0.2) is 45.8 Å². The molecule has 3 aliphatic heterocycles. The number of piperidine rings is 3. The molecule has 2 aromatic heterocycles. The van der Waals surface area contributed by atoms with Gasteiger partial charge in [0.2, 0.25) is 0 Å². The van der Waals surface area contributed by atoms with E-state index in [1.54, 1.807) is 7.11 Å². The minimum absolute atomic E-state index is 0. The molecule has 3 aromatic rings. The number of aryl methyl sites for hydroxylation is 2. The van der Waals surface area contributed by atoms with Crippen molar-refractivity contribution in [2.24, 2.45) is 11.8 Å². The highest BCUT2D eigenvalue weighted by Gasteiger charge is 2.54. The number of aliphatic hydroxyl groups excluding tert-OH is 1.